The summed E-state index contributed by atoms with van der Waals surface area (Å²) in [7, 11) is 6.25. The molecular weight excluding hydrogens is 420 g/mol. The van der Waals surface area contributed by atoms with Crippen LogP contribution in [0.25, 0.3) is 0 Å². The van der Waals surface area contributed by atoms with Crippen molar-refractivity contribution in [1.82, 2.24) is 24.6 Å². The maximum atomic E-state index is 5.91. The molecule has 0 aliphatic carbocycles. The number of anilines is 1. The summed E-state index contributed by atoms with van der Waals surface area (Å²) in [6, 6.07) is 14.7. The van der Waals surface area contributed by atoms with Crippen LogP contribution in [0.2, 0.25) is 0 Å². The van der Waals surface area contributed by atoms with Crippen LogP contribution in [-0.2, 0) is 30.1 Å². The van der Waals surface area contributed by atoms with E-state index in [1.54, 1.807) is 11.8 Å². The monoisotopic (exact) mass is 452 g/mol. The number of rotatable bonds is 10. The Balaban J connectivity index is 1.44. The van der Waals surface area contributed by atoms with Crippen LogP contribution in [0.3, 0.4) is 0 Å². The molecular formula is C24H32N6OS. The van der Waals surface area contributed by atoms with E-state index in [0.717, 1.165) is 61.5 Å². The molecule has 1 aliphatic rings. The molecule has 0 unspecified atom stereocenters. The van der Waals surface area contributed by atoms with E-state index < -0.39 is 0 Å². The molecule has 8 heteroatoms. The van der Waals surface area contributed by atoms with Gasteiger partial charge in [0.25, 0.3) is 0 Å². The quantitative estimate of drug-likeness (QED) is 0.433. The molecule has 0 saturated carbocycles. The SMILES string of the molecule is CN(Cc1ccc(N(C)C)cc1)Cc1nnc(SCc2ccccn2)n1C[C@H]1CCCO1. The summed E-state index contributed by atoms with van der Waals surface area (Å²) in [4.78, 5) is 8.83. The highest BCUT2D eigenvalue weighted by Gasteiger charge is 2.22. The van der Waals surface area contributed by atoms with Crippen LogP contribution in [0.4, 0.5) is 5.69 Å². The third-order valence-corrected chi connectivity index (χ3v) is 6.60. The van der Waals surface area contributed by atoms with E-state index in [0.29, 0.717) is 0 Å². The summed E-state index contributed by atoms with van der Waals surface area (Å²) in [5, 5.41) is 10.0. The third kappa shape index (κ3) is 6.09. The van der Waals surface area contributed by atoms with Crippen LogP contribution < -0.4 is 4.90 Å². The van der Waals surface area contributed by atoms with Gasteiger partial charge < -0.3 is 14.2 Å². The molecule has 0 N–H and O–H groups in total. The van der Waals surface area contributed by atoms with Crippen LogP contribution in [0.5, 0.6) is 0 Å². The number of hydrogen-bond donors (Lipinski definition) is 0. The molecule has 32 heavy (non-hydrogen) atoms. The number of benzene rings is 1. The van der Waals surface area contributed by atoms with Crippen LogP contribution >= 0.6 is 11.8 Å². The van der Waals surface area contributed by atoms with Crippen molar-refractivity contribution in [3.05, 3.63) is 65.7 Å². The first-order valence-corrected chi connectivity index (χ1v) is 12.1. The first-order chi connectivity index (χ1) is 15.6. The zero-order valence-electron chi connectivity index (χ0n) is 19.1. The molecule has 2 aromatic heterocycles. The van der Waals surface area contributed by atoms with Gasteiger partial charge in [0, 0.05) is 44.9 Å². The van der Waals surface area contributed by atoms with Crippen LogP contribution in [0.1, 0.15) is 29.9 Å². The summed E-state index contributed by atoms with van der Waals surface area (Å²) >= 11 is 1.69. The Kier molecular flexibility index (Phi) is 7.78. The predicted octanol–water partition coefficient (Wildman–Crippen LogP) is 3.84. The molecule has 1 saturated heterocycles. The average Bonchev–Trinajstić information content (AvgIpc) is 3.44. The smallest absolute Gasteiger partial charge is 0.191 e. The lowest BCUT2D eigenvalue weighted by Crippen LogP contribution is -2.23. The fourth-order valence-corrected chi connectivity index (χ4v) is 4.73. The number of hydrogen-bond acceptors (Lipinski definition) is 7. The van der Waals surface area contributed by atoms with Crippen molar-refractivity contribution >= 4 is 17.4 Å². The summed E-state index contributed by atoms with van der Waals surface area (Å²) in [5.41, 5.74) is 3.54. The maximum Gasteiger partial charge on any atom is 0.191 e. The number of pyridine rings is 1. The molecule has 4 rings (SSSR count). The lowest BCUT2D eigenvalue weighted by atomic mass is 10.2. The molecule has 0 bridgehead atoms. The van der Waals surface area contributed by atoms with Gasteiger partial charge in [-0.25, -0.2) is 0 Å². The second-order valence-electron chi connectivity index (χ2n) is 8.49. The van der Waals surface area contributed by atoms with Crippen LogP contribution in [0, 0.1) is 0 Å². The van der Waals surface area contributed by atoms with E-state index in [1.165, 1.54) is 11.3 Å². The van der Waals surface area contributed by atoms with E-state index in [4.69, 9.17) is 4.74 Å². The van der Waals surface area contributed by atoms with Gasteiger partial charge in [-0.05, 0) is 49.7 Å². The Morgan fingerprint density at radius 1 is 1.06 bits per heavy atom. The fraction of sp³-hybridized carbons (Fsp3) is 0.458. The van der Waals surface area contributed by atoms with Gasteiger partial charge in [-0.1, -0.05) is 30.0 Å². The topological polar surface area (TPSA) is 59.3 Å². The fourth-order valence-electron chi connectivity index (χ4n) is 3.85. The Morgan fingerprint density at radius 3 is 2.59 bits per heavy atom. The van der Waals surface area contributed by atoms with Gasteiger partial charge in [0.2, 0.25) is 0 Å². The Morgan fingerprint density at radius 2 is 1.91 bits per heavy atom. The van der Waals surface area contributed by atoms with Gasteiger partial charge in [-0.15, -0.1) is 10.2 Å². The minimum absolute atomic E-state index is 0.239. The van der Waals surface area contributed by atoms with E-state index in [9.17, 15) is 0 Å². The minimum Gasteiger partial charge on any atom is -0.378 e. The van der Waals surface area contributed by atoms with Crippen LogP contribution in [0.15, 0.2) is 53.8 Å². The molecule has 1 fully saturated rings. The molecule has 170 valence electrons. The van der Waals surface area contributed by atoms with Gasteiger partial charge in [-0.2, -0.15) is 0 Å². The van der Waals surface area contributed by atoms with E-state index in [2.05, 4.69) is 75.0 Å². The summed E-state index contributed by atoms with van der Waals surface area (Å²) in [6.07, 6.45) is 4.29. The molecule has 3 heterocycles. The van der Waals surface area contributed by atoms with Crippen molar-refractivity contribution in [1.29, 1.82) is 0 Å². The van der Waals surface area contributed by atoms with Crippen LogP contribution in [-0.4, -0.2) is 58.5 Å². The zero-order valence-corrected chi connectivity index (χ0v) is 20.0. The van der Waals surface area contributed by atoms with E-state index >= 15 is 0 Å². The Hall–Kier alpha value is -2.42. The first kappa shape index (κ1) is 22.8. The number of nitrogens with zero attached hydrogens (tertiary/aromatic N) is 6. The highest BCUT2D eigenvalue weighted by atomic mass is 32.2. The average molecular weight is 453 g/mol. The van der Waals surface area contributed by atoms with Crippen molar-refractivity contribution in [3.8, 4) is 0 Å². The van der Waals surface area contributed by atoms with Crippen molar-refractivity contribution in [2.45, 2.75) is 49.5 Å². The van der Waals surface area contributed by atoms with Crippen molar-refractivity contribution in [2.75, 3.05) is 32.6 Å². The maximum absolute atomic E-state index is 5.91. The molecule has 1 aromatic carbocycles. The molecule has 3 aromatic rings. The van der Waals surface area contributed by atoms with Gasteiger partial charge in [0.05, 0.1) is 24.9 Å². The predicted molar refractivity (Wildman–Crippen MR) is 129 cm³/mol. The van der Waals surface area contributed by atoms with E-state index in [1.807, 2.05) is 24.4 Å². The molecule has 1 atom stereocenters. The standard InChI is InChI=1S/C24H32N6OS/c1-28(2)21-11-9-19(10-12-21)15-29(3)17-23-26-27-24(30(23)16-22-8-6-14-31-22)32-18-20-7-4-5-13-25-20/h4-5,7,9-13,22H,6,8,14-18H2,1-3H3/t22-/m1/s1. The third-order valence-electron chi connectivity index (χ3n) is 5.60. The highest BCUT2D eigenvalue weighted by molar-refractivity contribution is 7.98. The summed E-state index contributed by atoms with van der Waals surface area (Å²) < 4.78 is 8.16. The number of aromatic nitrogens is 4. The summed E-state index contributed by atoms with van der Waals surface area (Å²) in [6.45, 7) is 3.25. The first-order valence-electron chi connectivity index (χ1n) is 11.1. The molecule has 0 radical (unpaired) electrons. The van der Waals surface area contributed by atoms with Crippen molar-refractivity contribution in [3.63, 3.8) is 0 Å². The van der Waals surface area contributed by atoms with Gasteiger partial charge >= 0.3 is 0 Å². The Bertz CT molecular complexity index is 970. The second-order valence-corrected chi connectivity index (χ2v) is 9.43. The molecule has 7 nitrogen and oxygen atoms in total. The van der Waals surface area contributed by atoms with E-state index in [-0.39, 0.29) is 6.10 Å². The lowest BCUT2D eigenvalue weighted by Gasteiger charge is -2.19. The number of ether oxygens (including phenoxy) is 1. The summed E-state index contributed by atoms with van der Waals surface area (Å²) in [5.74, 6) is 1.76. The van der Waals surface area contributed by atoms with Crippen molar-refractivity contribution in [2.24, 2.45) is 0 Å². The molecule has 0 spiro atoms. The zero-order chi connectivity index (χ0) is 22.3. The number of thioether (sulfide) groups is 1. The largest absolute Gasteiger partial charge is 0.378 e. The van der Waals surface area contributed by atoms with Gasteiger partial charge in [0.1, 0.15) is 5.82 Å². The molecule has 1 aliphatic heterocycles. The Labute approximate surface area is 194 Å². The normalized spacial score (nSPS) is 16.1. The second kappa shape index (κ2) is 10.9. The van der Waals surface area contributed by atoms with Gasteiger partial charge in [-0.3, -0.25) is 9.88 Å². The minimum atomic E-state index is 0.239. The highest BCUT2D eigenvalue weighted by Crippen LogP contribution is 2.24. The van der Waals surface area contributed by atoms with Crippen molar-refractivity contribution < 1.29 is 4.74 Å². The van der Waals surface area contributed by atoms with Gasteiger partial charge in [0.15, 0.2) is 5.16 Å². The lowest BCUT2D eigenvalue weighted by molar-refractivity contribution is 0.0934. The molecule has 0 amide bonds.